The number of fused-ring (bicyclic) bond motifs is 3. The summed E-state index contributed by atoms with van der Waals surface area (Å²) in [6, 6.07) is 0.545. The number of aliphatic hydroxyl groups excluding tert-OH is 2. The molecule has 1 saturated carbocycles. The molecule has 1 aromatic carbocycles. The Morgan fingerprint density at radius 1 is 1.15 bits per heavy atom. The molecular formula is C28H37N5O8. The fraction of sp³-hybridized carbons (Fsp3) is 0.500. The number of nitrogens with zero attached hydrogens (tertiary/aromatic N) is 2. The number of hydrogen-bond donors (Lipinski definition) is 7. The molecule has 222 valence electrons. The molecule has 1 unspecified atom stereocenters. The molecule has 3 aliphatic rings. The summed E-state index contributed by atoms with van der Waals surface area (Å²) in [7, 11) is 6.65. The first-order valence-corrected chi connectivity index (χ1v) is 13.4. The Morgan fingerprint density at radius 3 is 2.37 bits per heavy atom. The summed E-state index contributed by atoms with van der Waals surface area (Å²) in [5.74, 6) is -7.36. The second kappa shape index (κ2) is 10.8. The first-order chi connectivity index (χ1) is 19.2. The van der Waals surface area contributed by atoms with Crippen LogP contribution < -0.4 is 21.3 Å². The molecule has 2 amide bonds. The van der Waals surface area contributed by atoms with E-state index in [4.69, 9.17) is 5.73 Å². The van der Waals surface area contributed by atoms with Crippen molar-refractivity contribution in [3.05, 3.63) is 39.7 Å². The molecule has 0 aromatic heterocycles. The van der Waals surface area contributed by atoms with Crippen LogP contribution in [-0.4, -0.2) is 102 Å². The van der Waals surface area contributed by atoms with Gasteiger partial charge in [-0.1, -0.05) is 6.92 Å². The van der Waals surface area contributed by atoms with E-state index in [1.54, 1.807) is 39.2 Å². The summed E-state index contributed by atoms with van der Waals surface area (Å²) in [6.07, 6.45) is 0.171. The van der Waals surface area contributed by atoms with Crippen molar-refractivity contribution in [2.24, 2.45) is 17.6 Å². The number of aromatic hydroxyl groups is 1. The van der Waals surface area contributed by atoms with Gasteiger partial charge in [0.2, 0.25) is 11.7 Å². The molecule has 1 aromatic rings. The lowest BCUT2D eigenvalue weighted by Crippen LogP contribution is -2.65. The largest absolute Gasteiger partial charge is 0.508 e. The van der Waals surface area contributed by atoms with Gasteiger partial charge >= 0.3 is 0 Å². The van der Waals surface area contributed by atoms with E-state index in [0.29, 0.717) is 17.8 Å². The molecule has 8 N–H and O–H groups in total. The summed E-state index contributed by atoms with van der Waals surface area (Å²) >= 11 is 0. The van der Waals surface area contributed by atoms with Crippen LogP contribution in [0.5, 0.6) is 5.75 Å². The SMILES string of the molecule is CCNCC(=O)NCc1cc(N(C)C)c2c(c1O)C(O)=C1C(=O)[C@@]3(O)C(O)=C(C(N)=O)C(=O)C(N(C)C)[C@H]3C[C@H]1C2. The smallest absolute Gasteiger partial charge is 0.255 e. The fourth-order valence-electron chi connectivity index (χ4n) is 6.37. The maximum absolute atomic E-state index is 14.0. The number of carbonyl (C=O) groups is 4. The van der Waals surface area contributed by atoms with Gasteiger partial charge in [0, 0.05) is 43.4 Å². The molecule has 0 aliphatic heterocycles. The van der Waals surface area contributed by atoms with Crippen LogP contribution in [0.4, 0.5) is 5.69 Å². The summed E-state index contributed by atoms with van der Waals surface area (Å²) in [5, 5.41) is 51.1. The highest BCUT2D eigenvalue weighted by atomic mass is 16.3. The van der Waals surface area contributed by atoms with Gasteiger partial charge in [-0.15, -0.1) is 0 Å². The molecule has 0 bridgehead atoms. The summed E-state index contributed by atoms with van der Waals surface area (Å²) in [6.45, 7) is 2.47. The first kappa shape index (κ1) is 30.0. The van der Waals surface area contributed by atoms with E-state index in [-0.39, 0.29) is 54.3 Å². The van der Waals surface area contributed by atoms with Gasteiger partial charge in [0.15, 0.2) is 11.4 Å². The molecule has 0 radical (unpaired) electrons. The molecule has 4 rings (SSSR count). The molecule has 41 heavy (non-hydrogen) atoms. The van der Waals surface area contributed by atoms with E-state index in [0.717, 1.165) is 0 Å². The second-order valence-corrected chi connectivity index (χ2v) is 11.2. The van der Waals surface area contributed by atoms with Crippen molar-refractivity contribution in [3.8, 4) is 5.75 Å². The number of nitrogens with two attached hydrogens (primary N) is 1. The fourth-order valence-corrected chi connectivity index (χ4v) is 6.37. The Hall–Kier alpha value is -3.94. The molecule has 4 atom stereocenters. The van der Waals surface area contributed by atoms with Crippen LogP contribution in [0.15, 0.2) is 23.0 Å². The van der Waals surface area contributed by atoms with Gasteiger partial charge < -0.3 is 41.7 Å². The van der Waals surface area contributed by atoms with Gasteiger partial charge in [-0.25, -0.2) is 0 Å². The van der Waals surface area contributed by atoms with E-state index < -0.39 is 58.0 Å². The topological polar surface area (TPSA) is 206 Å². The van der Waals surface area contributed by atoms with E-state index in [2.05, 4.69) is 10.6 Å². The minimum atomic E-state index is -2.71. The number of benzene rings is 1. The monoisotopic (exact) mass is 571 g/mol. The summed E-state index contributed by atoms with van der Waals surface area (Å²) in [4.78, 5) is 54.8. The first-order valence-electron chi connectivity index (χ1n) is 13.4. The molecule has 0 spiro atoms. The molecular weight excluding hydrogens is 534 g/mol. The van der Waals surface area contributed by atoms with E-state index >= 15 is 0 Å². The van der Waals surface area contributed by atoms with Crippen LogP contribution >= 0.6 is 0 Å². The van der Waals surface area contributed by atoms with Gasteiger partial charge in [0.1, 0.15) is 22.8 Å². The number of carbonyl (C=O) groups excluding carboxylic acids is 4. The Morgan fingerprint density at radius 2 is 1.80 bits per heavy atom. The van der Waals surface area contributed by atoms with Crippen molar-refractivity contribution < 1.29 is 39.6 Å². The predicted molar refractivity (Wildman–Crippen MR) is 149 cm³/mol. The Balaban J connectivity index is 1.89. The van der Waals surface area contributed by atoms with Crippen molar-refractivity contribution in [2.75, 3.05) is 46.2 Å². The lowest BCUT2D eigenvalue weighted by Gasteiger charge is -2.50. The zero-order valence-electron chi connectivity index (χ0n) is 23.7. The number of nitrogens with one attached hydrogen (secondary N) is 2. The quantitative estimate of drug-likeness (QED) is 0.193. The van der Waals surface area contributed by atoms with Crippen LogP contribution in [0.2, 0.25) is 0 Å². The average molecular weight is 572 g/mol. The molecule has 3 aliphatic carbocycles. The number of phenols is 1. The Bertz CT molecular complexity index is 1400. The predicted octanol–water partition coefficient (Wildman–Crippen LogP) is -0.744. The third-order valence-corrected chi connectivity index (χ3v) is 8.27. The minimum Gasteiger partial charge on any atom is -0.508 e. The Kier molecular flexibility index (Phi) is 7.91. The normalized spacial score (nSPS) is 25.6. The number of amides is 2. The van der Waals surface area contributed by atoms with Crippen LogP contribution in [0.3, 0.4) is 0 Å². The van der Waals surface area contributed by atoms with Gasteiger partial charge in [-0.3, -0.25) is 24.1 Å². The number of primary amides is 1. The van der Waals surface area contributed by atoms with Gasteiger partial charge in [0.25, 0.3) is 5.91 Å². The number of rotatable bonds is 8. The molecule has 0 saturated heterocycles. The summed E-state index contributed by atoms with van der Waals surface area (Å²) < 4.78 is 0. The number of phenolic OH excluding ortho intramolecular Hbond substituents is 1. The average Bonchev–Trinajstić information content (AvgIpc) is 2.88. The van der Waals surface area contributed by atoms with Crippen molar-refractivity contribution in [1.29, 1.82) is 0 Å². The van der Waals surface area contributed by atoms with Gasteiger partial charge in [-0.2, -0.15) is 0 Å². The molecule has 1 fully saturated rings. The van der Waals surface area contributed by atoms with Crippen LogP contribution in [0.25, 0.3) is 5.76 Å². The standard InChI is InChI=1S/C28H37N5O8/c1-6-30-11-17(34)31-10-13-9-16(32(2)3)14-7-12-8-15-21(33(4)5)24(37)20(27(29)40)26(39)28(15,41)25(38)18(12)23(36)19(14)22(13)35/h9,12,15,21,30,35-36,39,41H,6-8,10-11H2,1-5H3,(H2,29,40)(H,31,34)/t12-,15-,21?,28-/m1/s1. The number of Topliss-reactive ketones (excluding diaryl/α,β-unsaturated/α-hetero) is 2. The van der Waals surface area contributed by atoms with E-state index in [9.17, 15) is 39.6 Å². The maximum atomic E-state index is 14.0. The van der Waals surface area contributed by atoms with Gasteiger partial charge in [-0.05, 0) is 51.0 Å². The van der Waals surface area contributed by atoms with Gasteiger partial charge in [0.05, 0.1) is 18.2 Å². The Labute approximate surface area is 237 Å². The lowest BCUT2D eigenvalue weighted by molar-refractivity contribution is -0.153. The molecule has 13 nitrogen and oxygen atoms in total. The van der Waals surface area contributed by atoms with Crippen LogP contribution in [-0.2, 0) is 32.1 Å². The van der Waals surface area contributed by atoms with Crippen molar-refractivity contribution >= 4 is 34.8 Å². The summed E-state index contributed by atoms with van der Waals surface area (Å²) in [5.41, 5.74) is 3.01. The van der Waals surface area contributed by atoms with E-state index in [1.807, 2.05) is 6.92 Å². The van der Waals surface area contributed by atoms with Crippen molar-refractivity contribution in [1.82, 2.24) is 15.5 Å². The zero-order chi connectivity index (χ0) is 30.5. The third kappa shape index (κ3) is 4.63. The number of likely N-dealkylation sites (N-methyl/N-ethyl adjacent to an activating group) is 2. The van der Waals surface area contributed by atoms with E-state index in [1.165, 1.54) is 4.90 Å². The highest BCUT2D eigenvalue weighted by Gasteiger charge is 2.64. The van der Waals surface area contributed by atoms with Crippen LogP contribution in [0, 0.1) is 11.8 Å². The lowest BCUT2D eigenvalue weighted by atomic mass is 9.57. The van der Waals surface area contributed by atoms with Crippen molar-refractivity contribution in [3.63, 3.8) is 0 Å². The zero-order valence-corrected chi connectivity index (χ0v) is 23.7. The highest BCUT2D eigenvalue weighted by molar-refractivity contribution is 6.24. The number of aliphatic hydroxyl groups is 3. The highest BCUT2D eigenvalue weighted by Crippen LogP contribution is 2.54. The number of anilines is 1. The second-order valence-electron chi connectivity index (χ2n) is 11.2. The molecule has 13 heteroatoms. The minimum absolute atomic E-state index is 0.00162. The number of ketones is 2. The third-order valence-electron chi connectivity index (χ3n) is 8.27. The van der Waals surface area contributed by atoms with Crippen molar-refractivity contribution in [2.45, 2.75) is 38.0 Å². The molecule has 0 heterocycles. The van der Waals surface area contributed by atoms with Crippen LogP contribution in [0.1, 0.15) is 30.0 Å². The number of hydrogen-bond acceptors (Lipinski definition) is 11. The maximum Gasteiger partial charge on any atom is 0.255 e.